The fraction of sp³-hybridized carbons (Fsp3) is 0.259. The predicted octanol–water partition coefficient (Wildman–Crippen LogP) is 5.85. The minimum atomic E-state index is -0.352. The van der Waals surface area contributed by atoms with Gasteiger partial charge in [-0.15, -0.1) is 0 Å². The van der Waals surface area contributed by atoms with Crippen LogP contribution in [-0.2, 0) is 16.1 Å². The van der Waals surface area contributed by atoms with E-state index in [1.807, 2.05) is 44.2 Å². The number of nitrogens with one attached hydrogen (secondary N) is 2. The number of benzene rings is 3. The van der Waals surface area contributed by atoms with Crippen LogP contribution in [0, 0.1) is 6.92 Å². The Bertz CT molecular complexity index is 1150. The Morgan fingerprint density at radius 3 is 2.23 bits per heavy atom. The van der Waals surface area contributed by atoms with Gasteiger partial charge in [0.05, 0.1) is 23.8 Å². The molecule has 0 bridgehead atoms. The summed E-state index contributed by atoms with van der Waals surface area (Å²) >= 11 is 6.48. The van der Waals surface area contributed by atoms with Crippen LogP contribution in [0.2, 0.25) is 5.02 Å². The van der Waals surface area contributed by atoms with E-state index in [1.54, 1.807) is 37.3 Å². The van der Waals surface area contributed by atoms with Crippen molar-refractivity contribution in [2.24, 2.45) is 0 Å². The molecule has 0 aliphatic rings. The molecule has 0 spiro atoms. The summed E-state index contributed by atoms with van der Waals surface area (Å²) in [4.78, 5) is 24.1. The number of ether oxygens (including phenoxy) is 3. The molecule has 0 saturated carbocycles. The highest BCUT2D eigenvalue weighted by Gasteiger charge is 2.15. The van der Waals surface area contributed by atoms with Gasteiger partial charge < -0.3 is 24.8 Å². The van der Waals surface area contributed by atoms with E-state index in [2.05, 4.69) is 10.6 Å². The molecule has 0 aliphatic heterocycles. The maximum Gasteiger partial charge on any atom is 0.338 e. The third kappa shape index (κ3) is 7.65. The van der Waals surface area contributed by atoms with E-state index in [4.69, 9.17) is 25.8 Å². The zero-order valence-electron chi connectivity index (χ0n) is 20.0. The van der Waals surface area contributed by atoms with Crippen molar-refractivity contribution < 1.29 is 23.8 Å². The van der Waals surface area contributed by atoms with Crippen LogP contribution in [0.4, 0.5) is 11.4 Å². The third-order valence-electron chi connectivity index (χ3n) is 4.94. The minimum absolute atomic E-state index is 0.210. The molecule has 0 heterocycles. The monoisotopic (exact) mass is 496 g/mol. The van der Waals surface area contributed by atoms with E-state index in [1.165, 1.54) is 0 Å². The predicted molar refractivity (Wildman–Crippen MR) is 138 cm³/mol. The summed E-state index contributed by atoms with van der Waals surface area (Å²) < 4.78 is 16.4. The Kier molecular flexibility index (Phi) is 9.38. The van der Waals surface area contributed by atoms with Gasteiger partial charge in [-0.3, -0.25) is 4.79 Å². The minimum Gasteiger partial charge on any atom is -0.490 e. The van der Waals surface area contributed by atoms with E-state index in [-0.39, 0.29) is 18.5 Å². The quantitative estimate of drug-likeness (QED) is 0.324. The van der Waals surface area contributed by atoms with Gasteiger partial charge in [0, 0.05) is 17.9 Å². The zero-order valence-corrected chi connectivity index (χ0v) is 20.8. The van der Waals surface area contributed by atoms with E-state index in [9.17, 15) is 9.59 Å². The van der Waals surface area contributed by atoms with Gasteiger partial charge in [-0.05, 0) is 74.9 Å². The highest BCUT2D eigenvalue weighted by atomic mass is 35.5. The lowest BCUT2D eigenvalue weighted by molar-refractivity contribution is -0.118. The van der Waals surface area contributed by atoms with Crippen LogP contribution in [-0.4, -0.2) is 31.7 Å². The second kappa shape index (κ2) is 12.7. The number of rotatable bonds is 11. The molecule has 7 nitrogen and oxygen atoms in total. The molecular weight excluding hydrogens is 468 g/mol. The standard InChI is InChI=1S/C27H29ClN2O5/c1-4-33-24-15-19(16-29-21-12-8-20(9-13-21)27(32)34-5-2)14-23(28)26(24)35-17-25(31)30-22-10-6-18(3)7-11-22/h6-15,29H,4-5,16-17H2,1-3H3,(H,30,31). The Hall–Kier alpha value is -3.71. The number of aryl methyl sites for hydroxylation is 1. The summed E-state index contributed by atoms with van der Waals surface area (Å²) in [5.41, 5.74) is 3.99. The molecule has 0 unspecified atom stereocenters. The van der Waals surface area contributed by atoms with Crippen molar-refractivity contribution in [2.75, 3.05) is 30.5 Å². The Morgan fingerprint density at radius 2 is 1.57 bits per heavy atom. The summed E-state index contributed by atoms with van der Waals surface area (Å²) in [6.07, 6.45) is 0. The van der Waals surface area contributed by atoms with Crippen LogP contribution < -0.4 is 20.1 Å². The summed E-state index contributed by atoms with van der Waals surface area (Å²) in [7, 11) is 0. The summed E-state index contributed by atoms with van der Waals surface area (Å²) in [6, 6.07) is 18.1. The van der Waals surface area contributed by atoms with Gasteiger partial charge in [0.2, 0.25) is 0 Å². The molecule has 0 atom stereocenters. The van der Waals surface area contributed by atoms with E-state index in [0.29, 0.717) is 47.5 Å². The molecular formula is C27H29ClN2O5. The van der Waals surface area contributed by atoms with Gasteiger partial charge >= 0.3 is 5.97 Å². The molecule has 3 aromatic rings. The van der Waals surface area contributed by atoms with Crippen LogP contribution in [0.1, 0.15) is 35.3 Å². The Balaban J connectivity index is 1.63. The maximum atomic E-state index is 12.3. The van der Waals surface area contributed by atoms with Crippen LogP contribution >= 0.6 is 11.6 Å². The first-order valence-corrected chi connectivity index (χ1v) is 11.7. The van der Waals surface area contributed by atoms with Gasteiger partial charge in [-0.2, -0.15) is 0 Å². The first-order valence-electron chi connectivity index (χ1n) is 11.3. The van der Waals surface area contributed by atoms with Crippen molar-refractivity contribution in [3.05, 3.63) is 82.4 Å². The third-order valence-corrected chi connectivity index (χ3v) is 5.23. The summed E-state index contributed by atoms with van der Waals surface area (Å²) in [5.74, 6) is 0.118. The molecule has 0 saturated heterocycles. The van der Waals surface area contributed by atoms with Crippen molar-refractivity contribution >= 4 is 34.9 Å². The van der Waals surface area contributed by atoms with E-state index in [0.717, 1.165) is 16.8 Å². The smallest absolute Gasteiger partial charge is 0.338 e. The molecule has 0 fully saturated rings. The lowest BCUT2D eigenvalue weighted by Crippen LogP contribution is -2.20. The molecule has 8 heteroatoms. The number of hydrogen-bond acceptors (Lipinski definition) is 6. The van der Waals surface area contributed by atoms with E-state index >= 15 is 0 Å². The van der Waals surface area contributed by atoms with Crippen LogP contribution in [0.3, 0.4) is 0 Å². The lowest BCUT2D eigenvalue weighted by atomic mass is 10.1. The highest BCUT2D eigenvalue weighted by Crippen LogP contribution is 2.37. The average molecular weight is 497 g/mol. The number of hydrogen-bond donors (Lipinski definition) is 2. The van der Waals surface area contributed by atoms with Crippen molar-refractivity contribution in [1.82, 2.24) is 0 Å². The largest absolute Gasteiger partial charge is 0.490 e. The molecule has 1 amide bonds. The average Bonchev–Trinajstić information content (AvgIpc) is 2.84. The molecule has 0 aromatic heterocycles. The van der Waals surface area contributed by atoms with Gasteiger partial charge in [0.25, 0.3) is 5.91 Å². The molecule has 35 heavy (non-hydrogen) atoms. The van der Waals surface area contributed by atoms with Crippen molar-refractivity contribution in [3.63, 3.8) is 0 Å². The second-order valence-corrected chi connectivity index (χ2v) is 8.10. The SMILES string of the molecule is CCOC(=O)c1ccc(NCc2cc(Cl)c(OCC(=O)Nc3ccc(C)cc3)c(OCC)c2)cc1. The summed E-state index contributed by atoms with van der Waals surface area (Å²) in [6.45, 7) is 6.61. The topological polar surface area (TPSA) is 85.9 Å². The number of esters is 1. The van der Waals surface area contributed by atoms with Gasteiger partial charge in [0.15, 0.2) is 18.1 Å². The van der Waals surface area contributed by atoms with Gasteiger partial charge in [-0.25, -0.2) is 4.79 Å². The molecule has 184 valence electrons. The van der Waals surface area contributed by atoms with E-state index < -0.39 is 0 Å². The molecule has 0 aliphatic carbocycles. The fourth-order valence-corrected chi connectivity index (χ4v) is 3.53. The molecule has 2 N–H and O–H groups in total. The molecule has 0 radical (unpaired) electrons. The number of carbonyl (C=O) groups is 2. The van der Waals surface area contributed by atoms with Gasteiger partial charge in [-0.1, -0.05) is 29.3 Å². The normalized spacial score (nSPS) is 10.4. The van der Waals surface area contributed by atoms with Crippen molar-refractivity contribution in [3.8, 4) is 11.5 Å². The molecule has 3 rings (SSSR count). The maximum absolute atomic E-state index is 12.3. The van der Waals surface area contributed by atoms with Gasteiger partial charge in [0.1, 0.15) is 0 Å². The van der Waals surface area contributed by atoms with Crippen LogP contribution in [0.25, 0.3) is 0 Å². The number of halogens is 1. The molecule has 3 aromatic carbocycles. The second-order valence-electron chi connectivity index (χ2n) is 7.69. The highest BCUT2D eigenvalue weighted by molar-refractivity contribution is 6.32. The van der Waals surface area contributed by atoms with Crippen LogP contribution in [0.15, 0.2) is 60.7 Å². The first-order chi connectivity index (χ1) is 16.9. The Morgan fingerprint density at radius 1 is 0.886 bits per heavy atom. The van der Waals surface area contributed by atoms with Crippen molar-refractivity contribution in [2.45, 2.75) is 27.3 Å². The number of carbonyl (C=O) groups excluding carboxylic acids is 2. The van der Waals surface area contributed by atoms with Crippen molar-refractivity contribution in [1.29, 1.82) is 0 Å². The summed E-state index contributed by atoms with van der Waals surface area (Å²) in [5, 5.41) is 6.42. The number of anilines is 2. The van der Waals surface area contributed by atoms with Crippen LogP contribution in [0.5, 0.6) is 11.5 Å². The number of amides is 1. The Labute approximate surface area is 210 Å². The zero-order chi connectivity index (χ0) is 25.2. The first kappa shape index (κ1) is 25.9. The lowest BCUT2D eigenvalue weighted by Gasteiger charge is -2.16. The fourth-order valence-electron chi connectivity index (χ4n) is 3.24.